The summed E-state index contributed by atoms with van der Waals surface area (Å²) in [5.41, 5.74) is -0.208. The first kappa shape index (κ1) is 12.6. The van der Waals surface area contributed by atoms with Crippen molar-refractivity contribution in [3.8, 4) is 0 Å². The molecule has 0 aliphatic heterocycles. The van der Waals surface area contributed by atoms with Crippen LogP contribution in [-0.2, 0) is 6.42 Å². The molecule has 1 saturated carbocycles. The fraction of sp³-hybridized carbons (Fsp3) is 0.615. The van der Waals surface area contributed by atoms with Gasteiger partial charge in [0.05, 0.1) is 11.0 Å². The van der Waals surface area contributed by atoms with Gasteiger partial charge in [-0.15, -0.1) is 11.3 Å². The van der Waals surface area contributed by atoms with Crippen LogP contribution in [0, 0.1) is 5.41 Å². The monoisotopic (exact) mass is 253 g/mol. The third-order valence-electron chi connectivity index (χ3n) is 3.76. The first-order valence-electron chi connectivity index (χ1n) is 6.02. The molecule has 1 aromatic rings. The topological polar surface area (TPSA) is 49.3 Å². The lowest BCUT2D eigenvalue weighted by atomic mass is 9.64. The predicted octanol–water partition coefficient (Wildman–Crippen LogP) is 2.20. The summed E-state index contributed by atoms with van der Waals surface area (Å²) in [5, 5.41) is 12.6. The van der Waals surface area contributed by atoms with E-state index in [0.717, 1.165) is 11.3 Å². The van der Waals surface area contributed by atoms with Crippen molar-refractivity contribution in [1.82, 2.24) is 5.32 Å². The Morgan fingerprint density at radius 3 is 2.76 bits per heavy atom. The molecule has 1 amide bonds. The van der Waals surface area contributed by atoms with E-state index >= 15 is 0 Å². The van der Waals surface area contributed by atoms with E-state index in [4.69, 9.17) is 0 Å². The van der Waals surface area contributed by atoms with Gasteiger partial charge in [-0.3, -0.25) is 4.79 Å². The molecule has 2 atom stereocenters. The molecule has 0 saturated heterocycles. The van der Waals surface area contributed by atoms with Crippen molar-refractivity contribution in [1.29, 1.82) is 0 Å². The van der Waals surface area contributed by atoms with Gasteiger partial charge in [0.25, 0.3) is 5.91 Å². The summed E-state index contributed by atoms with van der Waals surface area (Å²) >= 11 is 1.54. The van der Waals surface area contributed by atoms with Crippen molar-refractivity contribution in [2.24, 2.45) is 5.41 Å². The van der Waals surface area contributed by atoms with Crippen LogP contribution in [-0.4, -0.2) is 23.2 Å². The number of hydrogen-bond donors (Lipinski definition) is 2. The largest absolute Gasteiger partial charge is 0.392 e. The van der Waals surface area contributed by atoms with E-state index in [-0.39, 0.29) is 23.5 Å². The van der Waals surface area contributed by atoms with Crippen LogP contribution < -0.4 is 5.32 Å². The Balaban J connectivity index is 1.98. The van der Waals surface area contributed by atoms with Crippen LogP contribution in [0.3, 0.4) is 0 Å². The number of nitrogens with one attached hydrogen (secondary N) is 1. The fourth-order valence-electron chi connectivity index (χ4n) is 2.07. The van der Waals surface area contributed by atoms with Gasteiger partial charge in [-0.2, -0.15) is 0 Å². The van der Waals surface area contributed by atoms with Crippen LogP contribution in [0.25, 0.3) is 0 Å². The van der Waals surface area contributed by atoms with Crippen LogP contribution in [0.1, 0.15) is 41.7 Å². The minimum Gasteiger partial charge on any atom is -0.392 e. The van der Waals surface area contributed by atoms with Gasteiger partial charge in [0.1, 0.15) is 0 Å². The molecule has 2 N–H and O–H groups in total. The molecule has 4 heteroatoms. The molecule has 0 aromatic carbocycles. The van der Waals surface area contributed by atoms with Crippen molar-refractivity contribution in [3.05, 3.63) is 21.9 Å². The molecule has 17 heavy (non-hydrogen) atoms. The zero-order chi connectivity index (χ0) is 12.6. The molecule has 1 aliphatic carbocycles. The minimum absolute atomic E-state index is 0.0142. The summed E-state index contributed by atoms with van der Waals surface area (Å²) in [7, 11) is 0. The van der Waals surface area contributed by atoms with Gasteiger partial charge in [-0.05, 0) is 25.0 Å². The molecule has 1 fully saturated rings. The maximum atomic E-state index is 12.0. The lowest BCUT2D eigenvalue weighted by Crippen LogP contribution is -2.61. The number of hydrogen-bond acceptors (Lipinski definition) is 3. The Hall–Kier alpha value is -0.870. The summed E-state index contributed by atoms with van der Waals surface area (Å²) in [6.45, 7) is 6.05. The van der Waals surface area contributed by atoms with Gasteiger partial charge < -0.3 is 10.4 Å². The quantitative estimate of drug-likeness (QED) is 0.867. The van der Waals surface area contributed by atoms with Crippen LogP contribution >= 0.6 is 11.3 Å². The highest BCUT2D eigenvalue weighted by Crippen LogP contribution is 2.40. The van der Waals surface area contributed by atoms with Crippen molar-refractivity contribution in [3.63, 3.8) is 0 Å². The first-order valence-corrected chi connectivity index (χ1v) is 6.84. The number of aliphatic hydroxyl groups excluding tert-OH is 1. The highest BCUT2D eigenvalue weighted by Gasteiger charge is 2.48. The normalized spacial score (nSPS) is 26.4. The van der Waals surface area contributed by atoms with Crippen LogP contribution in [0.4, 0.5) is 0 Å². The fourth-order valence-corrected chi connectivity index (χ4v) is 2.92. The lowest BCUT2D eigenvalue weighted by Gasteiger charge is -2.49. The van der Waals surface area contributed by atoms with E-state index in [1.54, 1.807) is 11.3 Å². The molecule has 94 valence electrons. The highest BCUT2D eigenvalue weighted by atomic mass is 32.1. The van der Waals surface area contributed by atoms with Gasteiger partial charge in [0, 0.05) is 16.3 Å². The number of carbonyl (C=O) groups excluding carboxylic acids is 1. The number of aliphatic hydroxyl groups is 1. The SMILES string of the molecule is CCc1ccc(C(=O)NC2CC(O)C2(C)C)s1. The molecular weight excluding hydrogens is 234 g/mol. The van der Waals surface area contributed by atoms with Crippen molar-refractivity contribution >= 4 is 17.2 Å². The van der Waals surface area contributed by atoms with Crippen molar-refractivity contribution in [2.45, 2.75) is 45.8 Å². The Labute approximate surface area is 106 Å². The summed E-state index contributed by atoms with van der Waals surface area (Å²) in [6, 6.07) is 3.96. The molecule has 1 aliphatic rings. The van der Waals surface area contributed by atoms with E-state index in [0.29, 0.717) is 6.42 Å². The Morgan fingerprint density at radius 2 is 2.29 bits per heavy atom. The Bertz CT molecular complexity index is 425. The maximum Gasteiger partial charge on any atom is 0.261 e. The molecule has 2 rings (SSSR count). The second-order valence-corrected chi connectivity index (χ2v) is 6.39. The summed E-state index contributed by atoms with van der Waals surface area (Å²) in [4.78, 5) is 14.0. The Morgan fingerprint density at radius 1 is 1.59 bits per heavy atom. The zero-order valence-electron chi connectivity index (χ0n) is 10.5. The summed E-state index contributed by atoms with van der Waals surface area (Å²) in [5.74, 6) is -0.0142. The Kier molecular flexibility index (Phi) is 3.27. The van der Waals surface area contributed by atoms with Crippen LogP contribution in [0.5, 0.6) is 0 Å². The van der Waals surface area contributed by atoms with Gasteiger partial charge >= 0.3 is 0 Å². The lowest BCUT2D eigenvalue weighted by molar-refractivity contribution is -0.0689. The highest BCUT2D eigenvalue weighted by molar-refractivity contribution is 7.14. The van der Waals surface area contributed by atoms with E-state index < -0.39 is 0 Å². The van der Waals surface area contributed by atoms with Crippen LogP contribution in [0.15, 0.2) is 12.1 Å². The summed E-state index contributed by atoms with van der Waals surface area (Å²) in [6.07, 6.45) is 1.32. The smallest absolute Gasteiger partial charge is 0.261 e. The van der Waals surface area contributed by atoms with E-state index in [2.05, 4.69) is 12.2 Å². The number of thiophene rings is 1. The number of rotatable bonds is 3. The van der Waals surface area contributed by atoms with Gasteiger partial charge in [0.2, 0.25) is 0 Å². The predicted molar refractivity (Wildman–Crippen MR) is 69.4 cm³/mol. The second kappa shape index (κ2) is 4.42. The van der Waals surface area contributed by atoms with Crippen LogP contribution in [0.2, 0.25) is 0 Å². The molecule has 0 bridgehead atoms. The average molecular weight is 253 g/mol. The van der Waals surface area contributed by atoms with Crippen molar-refractivity contribution < 1.29 is 9.90 Å². The molecule has 0 radical (unpaired) electrons. The summed E-state index contributed by atoms with van der Waals surface area (Å²) < 4.78 is 0. The van der Waals surface area contributed by atoms with Crippen molar-refractivity contribution in [2.75, 3.05) is 0 Å². The van der Waals surface area contributed by atoms with Gasteiger partial charge in [-0.25, -0.2) is 0 Å². The molecule has 1 aromatic heterocycles. The van der Waals surface area contributed by atoms with Gasteiger partial charge in [0.15, 0.2) is 0 Å². The number of aryl methyl sites for hydroxylation is 1. The molecule has 1 heterocycles. The molecule has 3 nitrogen and oxygen atoms in total. The molecular formula is C13H19NO2S. The second-order valence-electron chi connectivity index (χ2n) is 5.22. The van der Waals surface area contributed by atoms with Gasteiger partial charge in [-0.1, -0.05) is 20.8 Å². The third kappa shape index (κ3) is 2.24. The van der Waals surface area contributed by atoms with E-state index in [9.17, 15) is 9.90 Å². The first-order chi connectivity index (χ1) is 7.95. The van der Waals surface area contributed by atoms with E-state index in [1.807, 2.05) is 26.0 Å². The van der Waals surface area contributed by atoms with E-state index in [1.165, 1.54) is 4.88 Å². The molecule has 0 spiro atoms. The number of amides is 1. The minimum atomic E-state index is -0.303. The average Bonchev–Trinajstić information content (AvgIpc) is 2.77. The zero-order valence-corrected chi connectivity index (χ0v) is 11.3. The third-order valence-corrected chi connectivity index (χ3v) is 4.98. The number of carbonyl (C=O) groups is 1. The standard InChI is InChI=1S/C13H19NO2S/c1-4-8-5-6-9(17-8)12(16)14-10-7-11(15)13(10,2)3/h5-6,10-11,15H,4,7H2,1-3H3,(H,14,16). The molecule has 2 unspecified atom stereocenters. The maximum absolute atomic E-state index is 12.0.